The molecule has 1 fully saturated rings. The molecule has 0 atom stereocenters. The highest BCUT2D eigenvalue weighted by atomic mass is 16.5. The van der Waals surface area contributed by atoms with Gasteiger partial charge in [0.25, 0.3) is 5.78 Å². The second kappa shape index (κ2) is 3.91. The van der Waals surface area contributed by atoms with E-state index in [1.54, 1.807) is 4.52 Å². The molecular formula is C12H17N5O. The second-order valence-electron chi connectivity index (χ2n) is 5.26. The number of nitrogens with zero attached hydrogens (tertiary/aromatic N) is 5. The fourth-order valence-corrected chi connectivity index (χ4v) is 2.35. The van der Waals surface area contributed by atoms with Gasteiger partial charge in [0.1, 0.15) is 12.1 Å². The summed E-state index contributed by atoms with van der Waals surface area (Å²) in [6.45, 7) is 8.61. The van der Waals surface area contributed by atoms with Gasteiger partial charge >= 0.3 is 0 Å². The van der Waals surface area contributed by atoms with E-state index in [0.29, 0.717) is 5.78 Å². The van der Waals surface area contributed by atoms with Gasteiger partial charge in [-0.3, -0.25) is 0 Å². The molecule has 0 aromatic carbocycles. The number of aryl methyl sites for hydroxylation is 1. The molecule has 0 radical (unpaired) electrons. The highest BCUT2D eigenvalue weighted by molar-refractivity contribution is 5.47. The first kappa shape index (κ1) is 11.4. The molecule has 0 saturated carbocycles. The van der Waals surface area contributed by atoms with E-state index in [0.717, 1.165) is 31.2 Å². The lowest BCUT2D eigenvalue weighted by molar-refractivity contribution is -0.0280. The maximum Gasteiger partial charge on any atom is 0.254 e. The molecule has 0 spiro atoms. The van der Waals surface area contributed by atoms with Crippen LogP contribution in [0, 0.1) is 6.92 Å². The predicted octanol–water partition coefficient (Wildman–Crippen LogP) is 1.05. The van der Waals surface area contributed by atoms with Crippen LogP contribution < -0.4 is 4.90 Å². The standard InChI is InChI=1S/C12H17N5O/c1-9-6-10(17-11(15-9)13-8-14-17)16-4-5-18-12(2,3)7-16/h6,8H,4-5,7H2,1-3H3. The van der Waals surface area contributed by atoms with Gasteiger partial charge in [-0.2, -0.15) is 14.6 Å². The van der Waals surface area contributed by atoms with Crippen LogP contribution in [0.1, 0.15) is 19.5 Å². The number of hydrogen-bond donors (Lipinski definition) is 0. The Bertz CT molecular complexity index is 577. The van der Waals surface area contributed by atoms with Crippen LogP contribution >= 0.6 is 0 Å². The number of fused-ring (bicyclic) bond motifs is 1. The van der Waals surface area contributed by atoms with Gasteiger partial charge < -0.3 is 9.64 Å². The summed E-state index contributed by atoms with van der Waals surface area (Å²) in [5.74, 6) is 1.68. The largest absolute Gasteiger partial charge is 0.372 e. The van der Waals surface area contributed by atoms with Crippen molar-refractivity contribution in [2.45, 2.75) is 26.4 Å². The number of hydrogen-bond acceptors (Lipinski definition) is 5. The average molecular weight is 247 g/mol. The van der Waals surface area contributed by atoms with Crippen molar-refractivity contribution in [1.29, 1.82) is 0 Å². The van der Waals surface area contributed by atoms with Gasteiger partial charge in [0, 0.05) is 24.8 Å². The molecule has 3 rings (SSSR count). The van der Waals surface area contributed by atoms with E-state index in [2.05, 4.69) is 33.8 Å². The molecule has 0 unspecified atom stereocenters. The summed E-state index contributed by atoms with van der Waals surface area (Å²) in [6.07, 6.45) is 1.54. The molecule has 6 nitrogen and oxygen atoms in total. The lowest BCUT2D eigenvalue weighted by Gasteiger charge is -2.39. The van der Waals surface area contributed by atoms with Crippen LogP contribution in [0.25, 0.3) is 5.78 Å². The molecule has 6 heteroatoms. The Labute approximate surface area is 106 Å². The zero-order valence-corrected chi connectivity index (χ0v) is 10.9. The van der Waals surface area contributed by atoms with Crippen molar-refractivity contribution in [3.8, 4) is 0 Å². The number of morpholine rings is 1. The first-order chi connectivity index (χ1) is 8.55. The molecule has 0 N–H and O–H groups in total. The van der Waals surface area contributed by atoms with Gasteiger partial charge in [0.05, 0.1) is 12.2 Å². The quantitative estimate of drug-likeness (QED) is 0.754. The smallest absolute Gasteiger partial charge is 0.254 e. The summed E-state index contributed by atoms with van der Waals surface area (Å²) in [6, 6.07) is 2.04. The average Bonchev–Trinajstić information content (AvgIpc) is 2.74. The maximum atomic E-state index is 5.74. The van der Waals surface area contributed by atoms with Gasteiger partial charge in [-0.15, -0.1) is 0 Å². The van der Waals surface area contributed by atoms with Crippen molar-refractivity contribution in [3.63, 3.8) is 0 Å². The van der Waals surface area contributed by atoms with E-state index in [-0.39, 0.29) is 5.60 Å². The Kier molecular flexibility index (Phi) is 2.48. The van der Waals surface area contributed by atoms with E-state index >= 15 is 0 Å². The molecule has 1 aliphatic heterocycles. The number of aromatic nitrogens is 4. The monoisotopic (exact) mass is 247 g/mol. The Morgan fingerprint density at radius 1 is 1.39 bits per heavy atom. The fraction of sp³-hybridized carbons (Fsp3) is 0.583. The van der Waals surface area contributed by atoms with Crippen LogP contribution in [0.2, 0.25) is 0 Å². The third-order valence-corrected chi connectivity index (χ3v) is 3.11. The first-order valence-electron chi connectivity index (χ1n) is 6.11. The molecule has 0 amide bonds. The summed E-state index contributed by atoms with van der Waals surface area (Å²) in [7, 11) is 0. The van der Waals surface area contributed by atoms with Crippen LogP contribution in [-0.4, -0.2) is 44.9 Å². The Morgan fingerprint density at radius 3 is 3.00 bits per heavy atom. The normalized spacial score (nSPS) is 19.4. The number of anilines is 1. The number of ether oxygens (including phenoxy) is 1. The fourth-order valence-electron chi connectivity index (χ4n) is 2.35. The van der Waals surface area contributed by atoms with Crippen molar-refractivity contribution in [3.05, 3.63) is 18.1 Å². The summed E-state index contributed by atoms with van der Waals surface area (Å²) in [4.78, 5) is 10.8. The Hall–Kier alpha value is -1.69. The Balaban J connectivity index is 2.05. The lowest BCUT2D eigenvalue weighted by Crippen LogP contribution is -2.49. The SMILES string of the molecule is Cc1cc(N2CCOC(C)(C)C2)n2ncnc2n1. The van der Waals surface area contributed by atoms with Crippen molar-refractivity contribution >= 4 is 11.6 Å². The molecule has 1 aliphatic rings. The molecule has 3 heterocycles. The van der Waals surface area contributed by atoms with Gasteiger partial charge in [0.15, 0.2) is 0 Å². The minimum atomic E-state index is -0.137. The lowest BCUT2D eigenvalue weighted by atomic mass is 10.1. The van der Waals surface area contributed by atoms with Crippen LogP contribution in [0.15, 0.2) is 12.4 Å². The van der Waals surface area contributed by atoms with Crippen molar-refractivity contribution < 1.29 is 4.74 Å². The molecule has 2 aromatic heterocycles. The van der Waals surface area contributed by atoms with E-state index in [1.165, 1.54) is 6.33 Å². The minimum Gasteiger partial charge on any atom is -0.372 e. The second-order valence-corrected chi connectivity index (χ2v) is 5.26. The van der Waals surface area contributed by atoms with Crippen LogP contribution in [0.4, 0.5) is 5.82 Å². The van der Waals surface area contributed by atoms with E-state index in [9.17, 15) is 0 Å². The third kappa shape index (κ3) is 1.92. The molecule has 0 bridgehead atoms. The van der Waals surface area contributed by atoms with Crippen molar-refractivity contribution in [1.82, 2.24) is 19.6 Å². The van der Waals surface area contributed by atoms with Crippen molar-refractivity contribution in [2.75, 3.05) is 24.6 Å². The predicted molar refractivity (Wildman–Crippen MR) is 67.8 cm³/mol. The van der Waals surface area contributed by atoms with E-state index in [4.69, 9.17) is 4.74 Å². The molecule has 18 heavy (non-hydrogen) atoms. The molecule has 1 saturated heterocycles. The zero-order chi connectivity index (χ0) is 12.8. The van der Waals surface area contributed by atoms with Gasteiger partial charge in [0.2, 0.25) is 0 Å². The summed E-state index contributed by atoms with van der Waals surface area (Å²) in [5.41, 5.74) is 0.817. The third-order valence-electron chi connectivity index (χ3n) is 3.11. The van der Waals surface area contributed by atoms with Gasteiger partial charge in [-0.05, 0) is 20.8 Å². The summed E-state index contributed by atoms with van der Waals surface area (Å²) in [5, 5.41) is 4.24. The van der Waals surface area contributed by atoms with E-state index in [1.807, 2.05) is 13.0 Å². The van der Waals surface area contributed by atoms with Crippen molar-refractivity contribution in [2.24, 2.45) is 0 Å². The number of rotatable bonds is 1. The highest BCUT2D eigenvalue weighted by Crippen LogP contribution is 2.23. The van der Waals surface area contributed by atoms with Gasteiger partial charge in [-0.25, -0.2) is 4.98 Å². The van der Waals surface area contributed by atoms with Crippen LogP contribution in [-0.2, 0) is 4.74 Å². The molecular weight excluding hydrogens is 230 g/mol. The minimum absolute atomic E-state index is 0.137. The topological polar surface area (TPSA) is 55.6 Å². The van der Waals surface area contributed by atoms with E-state index < -0.39 is 0 Å². The molecule has 0 aliphatic carbocycles. The maximum absolute atomic E-state index is 5.74. The van der Waals surface area contributed by atoms with Crippen LogP contribution in [0.5, 0.6) is 0 Å². The summed E-state index contributed by atoms with van der Waals surface area (Å²) >= 11 is 0. The van der Waals surface area contributed by atoms with Crippen LogP contribution in [0.3, 0.4) is 0 Å². The highest BCUT2D eigenvalue weighted by Gasteiger charge is 2.28. The molecule has 2 aromatic rings. The Morgan fingerprint density at radius 2 is 2.22 bits per heavy atom. The van der Waals surface area contributed by atoms with Gasteiger partial charge in [-0.1, -0.05) is 0 Å². The summed E-state index contributed by atoms with van der Waals surface area (Å²) < 4.78 is 7.52. The zero-order valence-electron chi connectivity index (χ0n) is 10.9. The first-order valence-corrected chi connectivity index (χ1v) is 6.11. The molecule has 96 valence electrons.